The van der Waals surface area contributed by atoms with Crippen LogP contribution in [-0.4, -0.2) is 0 Å². The molecule has 0 saturated heterocycles. The van der Waals surface area contributed by atoms with Gasteiger partial charge in [0.15, 0.2) is 0 Å². The van der Waals surface area contributed by atoms with Crippen LogP contribution in [0.1, 0.15) is 35.6 Å². The summed E-state index contributed by atoms with van der Waals surface area (Å²) in [5.74, 6) is 0. The minimum absolute atomic E-state index is 0.770. The molecule has 0 saturated carbocycles. The molecule has 2 aromatic carbocycles. The van der Waals surface area contributed by atoms with Gasteiger partial charge in [-0.15, -0.1) is 0 Å². The molecule has 1 aliphatic carbocycles. The van der Waals surface area contributed by atoms with Gasteiger partial charge in [-0.25, -0.2) is 0 Å². The molecule has 0 atom stereocenters. The Bertz CT molecular complexity index is 854. The summed E-state index contributed by atoms with van der Waals surface area (Å²) < 4.78 is 0. The zero-order chi connectivity index (χ0) is 17.1. The molecule has 0 fully saturated rings. The van der Waals surface area contributed by atoms with Gasteiger partial charge in [-0.3, -0.25) is 0 Å². The predicted octanol–water partition coefficient (Wildman–Crippen LogP) is 4.85. The fourth-order valence-corrected chi connectivity index (χ4v) is 3.33. The summed E-state index contributed by atoms with van der Waals surface area (Å²) in [4.78, 5) is 0. The summed E-state index contributed by atoms with van der Waals surface area (Å²) in [6, 6.07) is 14.5. The molecule has 122 valence electrons. The first-order valence-corrected chi connectivity index (χ1v) is 8.38. The van der Waals surface area contributed by atoms with E-state index in [1.165, 1.54) is 22.3 Å². The lowest BCUT2D eigenvalue weighted by Crippen LogP contribution is -2.01. The fourth-order valence-electron chi connectivity index (χ4n) is 3.33. The summed E-state index contributed by atoms with van der Waals surface area (Å²) in [6.45, 7) is 4.20. The first-order chi connectivity index (χ1) is 11.6. The normalized spacial score (nSPS) is 16.5. The molecule has 0 unspecified atom stereocenters. The number of anilines is 1. The number of benzene rings is 2. The van der Waals surface area contributed by atoms with E-state index in [4.69, 9.17) is 11.5 Å². The number of aryl methyl sites for hydroxylation is 1. The Morgan fingerprint density at radius 1 is 1.00 bits per heavy atom. The molecule has 2 nitrogen and oxygen atoms in total. The first-order valence-electron chi connectivity index (χ1n) is 8.38. The van der Waals surface area contributed by atoms with Crippen LogP contribution < -0.4 is 11.5 Å². The van der Waals surface area contributed by atoms with Crippen LogP contribution in [0.5, 0.6) is 0 Å². The van der Waals surface area contributed by atoms with Gasteiger partial charge in [0.25, 0.3) is 0 Å². The molecular formula is C22H24N2. The standard InChI is InChI=1S/C22H24N2/c1-3-6-20-21(14-16-8-5-9-17(23)13-16)19-10-4-7-15(2)18(19)11-12-22(20)24/h3-10,13-14H,11-12,23-24H2,1-2H3/b6-3-,21-14+. The van der Waals surface area contributed by atoms with E-state index in [2.05, 4.69) is 49.4 Å². The highest BCUT2D eigenvalue weighted by Gasteiger charge is 2.19. The number of nitrogens with two attached hydrogens (primary N) is 2. The van der Waals surface area contributed by atoms with Gasteiger partial charge in [0.1, 0.15) is 0 Å². The number of hydrogen-bond donors (Lipinski definition) is 2. The van der Waals surface area contributed by atoms with Crippen molar-refractivity contribution in [3.05, 3.63) is 88.1 Å². The van der Waals surface area contributed by atoms with E-state index >= 15 is 0 Å². The van der Waals surface area contributed by atoms with Crippen LogP contribution in [0.4, 0.5) is 5.69 Å². The van der Waals surface area contributed by atoms with Crippen molar-refractivity contribution in [2.24, 2.45) is 5.73 Å². The number of fused-ring (bicyclic) bond motifs is 1. The summed E-state index contributed by atoms with van der Waals surface area (Å²) in [5, 5.41) is 0. The van der Waals surface area contributed by atoms with Crippen molar-refractivity contribution in [1.82, 2.24) is 0 Å². The molecule has 0 heterocycles. The van der Waals surface area contributed by atoms with Crippen molar-refractivity contribution in [1.29, 1.82) is 0 Å². The third kappa shape index (κ3) is 3.13. The van der Waals surface area contributed by atoms with Gasteiger partial charge in [-0.2, -0.15) is 0 Å². The van der Waals surface area contributed by atoms with E-state index in [0.29, 0.717) is 0 Å². The molecule has 0 aliphatic heterocycles. The van der Waals surface area contributed by atoms with Crippen LogP contribution in [0.25, 0.3) is 11.6 Å². The van der Waals surface area contributed by atoms with Crippen molar-refractivity contribution in [2.75, 3.05) is 5.73 Å². The lowest BCUT2D eigenvalue weighted by molar-refractivity contribution is 0.920. The maximum Gasteiger partial charge on any atom is 0.0319 e. The Balaban J connectivity index is 2.27. The maximum absolute atomic E-state index is 6.43. The highest BCUT2D eigenvalue weighted by molar-refractivity contribution is 5.95. The molecular weight excluding hydrogens is 292 g/mol. The molecule has 0 radical (unpaired) electrons. The average Bonchev–Trinajstić information content (AvgIpc) is 2.68. The van der Waals surface area contributed by atoms with Gasteiger partial charge in [0.05, 0.1) is 0 Å². The van der Waals surface area contributed by atoms with Gasteiger partial charge in [0.2, 0.25) is 0 Å². The van der Waals surface area contributed by atoms with E-state index in [1.54, 1.807) is 0 Å². The molecule has 2 heteroatoms. The minimum Gasteiger partial charge on any atom is -0.402 e. The Morgan fingerprint density at radius 3 is 2.54 bits per heavy atom. The highest BCUT2D eigenvalue weighted by Crippen LogP contribution is 2.36. The van der Waals surface area contributed by atoms with Crippen molar-refractivity contribution in [3.8, 4) is 0 Å². The number of rotatable bonds is 2. The van der Waals surface area contributed by atoms with Crippen LogP contribution in [-0.2, 0) is 6.42 Å². The van der Waals surface area contributed by atoms with E-state index in [0.717, 1.165) is 35.4 Å². The van der Waals surface area contributed by atoms with E-state index in [-0.39, 0.29) is 0 Å². The zero-order valence-electron chi connectivity index (χ0n) is 14.3. The van der Waals surface area contributed by atoms with Crippen LogP contribution in [0.3, 0.4) is 0 Å². The zero-order valence-corrected chi connectivity index (χ0v) is 14.3. The second-order valence-electron chi connectivity index (χ2n) is 6.27. The Labute approximate surface area is 144 Å². The maximum atomic E-state index is 6.43. The third-order valence-electron chi connectivity index (χ3n) is 4.54. The number of hydrogen-bond acceptors (Lipinski definition) is 2. The predicted molar refractivity (Wildman–Crippen MR) is 104 cm³/mol. The summed E-state index contributed by atoms with van der Waals surface area (Å²) in [6.07, 6.45) is 8.22. The Kier molecular flexibility index (Phi) is 4.57. The van der Waals surface area contributed by atoms with Crippen LogP contribution >= 0.6 is 0 Å². The largest absolute Gasteiger partial charge is 0.402 e. The monoisotopic (exact) mass is 316 g/mol. The lowest BCUT2D eigenvalue weighted by Gasteiger charge is -2.14. The molecule has 24 heavy (non-hydrogen) atoms. The molecule has 1 aliphatic rings. The highest BCUT2D eigenvalue weighted by atomic mass is 14.6. The quantitative estimate of drug-likeness (QED) is 0.778. The van der Waals surface area contributed by atoms with Crippen molar-refractivity contribution >= 4 is 17.3 Å². The van der Waals surface area contributed by atoms with Gasteiger partial charge >= 0.3 is 0 Å². The summed E-state index contributed by atoms with van der Waals surface area (Å²) in [7, 11) is 0. The summed E-state index contributed by atoms with van der Waals surface area (Å²) in [5.41, 5.74) is 21.5. The second kappa shape index (κ2) is 6.79. The summed E-state index contributed by atoms with van der Waals surface area (Å²) >= 11 is 0. The smallest absolute Gasteiger partial charge is 0.0319 e. The SMILES string of the molecule is C/C=C\C1=C(N)CCc2c(C)cccc2/C1=C\c1cccc(N)c1. The van der Waals surface area contributed by atoms with E-state index in [9.17, 15) is 0 Å². The van der Waals surface area contributed by atoms with E-state index < -0.39 is 0 Å². The molecule has 0 spiro atoms. The van der Waals surface area contributed by atoms with Gasteiger partial charge in [-0.05, 0) is 72.7 Å². The van der Waals surface area contributed by atoms with Crippen molar-refractivity contribution in [2.45, 2.75) is 26.7 Å². The van der Waals surface area contributed by atoms with Gasteiger partial charge in [-0.1, -0.05) is 42.5 Å². The molecule has 4 N–H and O–H groups in total. The number of nitrogen functional groups attached to an aromatic ring is 1. The molecule has 0 amide bonds. The molecule has 0 aromatic heterocycles. The number of allylic oxidation sites excluding steroid dienone is 5. The first kappa shape index (κ1) is 16.1. The topological polar surface area (TPSA) is 52.0 Å². The Morgan fingerprint density at radius 2 is 1.79 bits per heavy atom. The average molecular weight is 316 g/mol. The van der Waals surface area contributed by atoms with Gasteiger partial charge in [0, 0.05) is 17.0 Å². The van der Waals surface area contributed by atoms with Crippen molar-refractivity contribution in [3.63, 3.8) is 0 Å². The van der Waals surface area contributed by atoms with Crippen molar-refractivity contribution < 1.29 is 0 Å². The molecule has 0 bridgehead atoms. The third-order valence-corrected chi connectivity index (χ3v) is 4.54. The van der Waals surface area contributed by atoms with Crippen LogP contribution in [0.15, 0.2) is 65.9 Å². The minimum atomic E-state index is 0.770. The van der Waals surface area contributed by atoms with Gasteiger partial charge < -0.3 is 11.5 Å². The molecule has 2 aromatic rings. The Hall–Kier alpha value is -2.74. The molecule has 3 rings (SSSR count). The second-order valence-corrected chi connectivity index (χ2v) is 6.27. The van der Waals surface area contributed by atoms with Crippen LogP contribution in [0, 0.1) is 6.92 Å². The van der Waals surface area contributed by atoms with Crippen LogP contribution in [0.2, 0.25) is 0 Å². The van der Waals surface area contributed by atoms with E-state index in [1.807, 2.05) is 25.1 Å². The fraction of sp³-hybridized carbons (Fsp3) is 0.182. The lowest BCUT2D eigenvalue weighted by atomic mass is 9.90.